The Morgan fingerprint density at radius 3 is 2.53 bits per heavy atom. The summed E-state index contributed by atoms with van der Waals surface area (Å²) in [6, 6.07) is 10.9. The molecule has 0 spiro atoms. The van der Waals surface area contributed by atoms with Gasteiger partial charge < -0.3 is 9.32 Å². The van der Waals surface area contributed by atoms with Crippen molar-refractivity contribution in [3.8, 4) is 0 Å². The summed E-state index contributed by atoms with van der Waals surface area (Å²) in [4.78, 5) is 15.2. The predicted octanol–water partition coefficient (Wildman–Crippen LogP) is 4.84. The fourth-order valence-electron chi connectivity index (χ4n) is 4.01. The zero-order chi connectivity index (χ0) is 21.6. The van der Waals surface area contributed by atoms with Crippen LogP contribution < -0.4 is 0 Å². The van der Waals surface area contributed by atoms with E-state index in [0.29, 0.717) is 17.0 Å². The maximum absolute atomic E-state index is 13.6. The van der Waals surface area contributed by atoms with E-state index in [9.17, 15) is 13.2 Å². The zero-order valence-corrected chi connectivity index (χ0v) is 18.8. The van der Waals surface area contributed by atoms with Gasteiger partial charge in [-0.2, -0.15) is 0 Å². The van der Waals surface area contributed by atoms with E-state index in [4.69, 9.17) is 16.0 Å². The molecular formula is C23H24ClNO4S. The van der Waals surface area contributed by atoms with Crippen LogP contribution in [0.2, 0.25) is 5.02 Å². The summed E-state index contributed by atoms with van der Waals surface area (Å²) in [5, 5.41) is 1.45. The van der Waals surface area contributed by atoms with Crippen LogP contribution in [-0.2, 0) is 16.4 Å². The first kappa shape index (κ1) is 20.9. The Labute approximate surface area is 181 Å². The highest BCUT2D eigenvalue weighted by Crippen LogP contribution is 2.31. The van der Waals surface area contributed by atoms with E-state index in [1.807, 2.05) is 51.1 Å². The minimum atomic E-state index is -3.16. The Balaban J connectivity index is 1.77. The number of sulfone groups is 1. The molecule has 0 N–H and O–H groups in total. The van der Waals surface area contributed by atoms with Crippen molar-refractivity contribution in [3.63, 3.8) is 0 Å². The molecule has 1 fully saturated rings. The minimum Gasteiger partial charge on any atom is -0.451 e. The molecule has 1 aliphatic rings. The largest absolute Gasteiger partial charge is 0.451 e. The van der Waals surface area contributed by atoms with Gasteiger partial charge in [0.25, 0.3) is 5.91 Å². The van der Waals surface area contributed by atoms with E-state index < -0.39 is 15.9 Å². The van der Waals surface area contributed by atoms with Crippen LogP contribution in [0, 0.1) is 20.8 Å². The normalized spacial score (nSPS) is 18.1. The predicted molar refractivity (Wildman–Crippen MR) is 119 cm³/mol. The number of rotatable bonds is 4. The van der Waals surface area contributed by atoms with Crippen molar-refractivity contribution in [1.29, 1.82) is 0 Å². The van der Waals surface area contributed by atoms with Gasteiger partial charge in [0.15, 0.2) is 15.6 Å². The summed E-state index contributed by atoms with van der Waals surface area (Å²) in [6.45, 7) is 6.12. The quantitative estimate of drug-likeness (QED) is 0.576. The molecule has 2 heterocycles. The first-order valence-electron chi connectivity index (χ1n) is 9.91. The molecule has 1 atom stereocenters. The van der Waals surface area contributed by atoms with Crippen LogP contribution in [0.15, 0.2) is 40.8 Å². The molecular weight excluding hydrogens is 422 g/mol. The van der Waals surface area contributed by atoms with Crippen molar-refractivity contribution in [3.05, 3.63) is 69.4 Å². The Kier molecular flexibility index (Phi) is 5.41. The van der Waals surface area contributed by atoms with E-state index >= 15 is 0 Å². The molecule has 0 radical (unpaired) electrons. The second kappa shape index (κ2) is 7.75. The highest BCUT2D eigenvalue weighted by atomic mass is 35.5. The van der Waals surface area contributed by atoms with Crippen LogP contribution in [0.25, 0.3) is 11.0 Å². The molecule has 158 valence electrons. The molecule has 1 amide bonds. The SMILES string of the molecule is Cc1cc2oc(C(=O)N(Cc3ccccc3Cl)[C@H]3CCS(=O)(=O)C3)c(C)c2cc1C. The van der Waals surface area contributed by atoms with Crippen LogP contribution in [0.5, 0.6) is 0 Å². The van der Waals surface area contributed by atoms with Crippen molar-refractivity contribution in [2.24, 2.45) is 0 Å². The van der Waals surface area contributed by atoms with Crippen LogP contribution in [0.3, 0.4) is 0 Å². The topological polar surface area (TPSA) is 67.6 Å². The molecule has 7 heteroatoms. The van der Waals surface area contributed by atoms with Crippen molar-refractivity contribution in [2.45, 2.75) is 39.8 Å². The molecule has 1 aliphatic heterocycles. The number of amides is 1. The van der Waals surface area contributed by atoms with E-state index in [0.717, 1.165) is 27.6 Å². The Morgan fingerprint density at radius 1 is 1.17 bits per heavy atom. The molecule has 5 nitrogen and oxygen atoms in total. The second-order valence-electron chi connectivity index (χ2n) is 8.07. The summed E-state index contributed by atoms with van der Waals surface area (Å²) in [5.74, 6) is -0.00492. The van der Waals surface area contributed by atoms with Gasteiger partial charge in [0, 0.05) is 28.6 Å². The smallest absolute Gasteiger partial charge is 0.290 e. The fourth-order valence-corrected chi connectivity index (χ4v) is 5.93. The first-order chi connectivity index (χ1) is 14.2. The second-order valence-corrected chi connectivity index (χ2v) is 10.7. The summed E-state index contributed by atoms with van der Waals surface area (Å²) >= 11 is 6.33. The number of benzene rings is 2. The molecule has 3 aromatic rings. The monoisotopic (exact) mass is 445 g/mol. The van der Waals surface area contributed by atoms with Crippen molar-refractivity contribution in [1.82, 2.24) is 4.90 Å². The molecule has 0 bridgehead atoms. The molecule has 1 aromatic heterocycles. The van der Waals surface area contributed by atoms with Crippen molar-refractivity contribution in [2.75, 3.05) is 11.5 Å². The number of carbonyl (C=O) groups is 1. The Bertz CT molecular complexity index is 1250. The fraction of sp³-hybridized carbons (Fsp3) is 0.348. The number of hydrogen-bond donors (Lipinski definition) is 0. The molecule has 0 aliphatic carbocycles. The van der Waals surface area contributed by atoms with Gasteiger partial charge in [0.1, 0.15) is 5.58 Å². The highest BCUT2D eigenvalue weighted by molar-refractivity contribution is 7.91. The lowest BCUT2D eigenvalue weighted by molar-refractivity contribution is 0.0649. The third-order valence-corrected chi connectivity index (χ3v) is 8.07. The minimum absolute atomic E-state index is 0.0410. The van der Waals surface area contributed by atoms with Crippen LogP contribution in [0.1, 0.15) is 39.2 Å². The summed E-state index contributed by atoms with van der Waals surface area (Å²) in [5.41, 5.74) is 4.42. The number of carbonyl (C=O) groups excluding carboxylic acids is 1. The summed E-state index contributed by atoms with van der Waals surface area (Å²) in [6.07, 6.45) is 0.413. The van der Waals surface area contributed by atoms with Gasteiger partial charge in [-0.1, -0.05) is 29.8 Å². The lowest BCUT2D eigenvalue weighted by atomic mass is 10.0. The van der Waals surface area contributed by atoms with Gasteiger partial charge in [-0.3, -0.25) is 4.79 Å². The van der Waals surface area contributed by atoms with Crippen LogP contribution in [0.4, 0.5) is 0 Å². The van der Waals surface area contributed by atoms with Gasteiger partial charge >= 0.3 is 0 Å². The first-order valence-corrected chi connectivity index (χ1v) is 12.1. The van der Waals surface area contributed by atoms with Gasteiger partial charge in [0.05, 0.1) is 11.5 Å². The molecule has 2 aromatic carbocycles. The number of furan rings is 1. The van der Waals surface area contributed by atoms with Gasteiger partial charge in [0.2, 0.25) is 0 Å². The van der Waals surface area contributed by atoms with Gasteiger partial charge in [-0.05, 0) is 62.1 Å². The van der Waals surface area contributed by atoms with Crippen LogP contribution >= 0.6 is 11.6 Å². The third-order valence-electron chi connectivity index (χ3n) is 5.96. The average molecular weight is 446 g/mol. The number of fused-ring (bicyclic) bond motifs is 1. The number of aryl methyl sites for hydroxylation is 3. The van der Waals surface area contributed by atoms with E-state index in [-0.39, 0.29) is 29.7 Å². The molecule has 0 unspecified atom stereocenters. The lowest BCUT2D eigenvalue weighted by Crippen LogP contribution is -2.40. The van der Waals surface area contributed by atoms with Crippen molar-refractivity contribution < 1.29 is 17.6 Å². The summed E-state index contributed by atoms with van der Waals surface area (Å²) < 4.78 is 30.2. The van der Waals surface area contributed by atoms with Gasteiger partial charge in [-0.25, -0.2) is 8.42 Å². The van der Waals surface area contributed by atoms with E-state index in [1.54, 1.807) is 11.0 Å². The molecule has 0 saturated carbocycles. The maximum Gasteiger partial charge on any atom is 0.290 e. The van der Waals surface area contributed by atoms with Gasteiger partial charge in [-0.15, -0.1) is 0 Å². The van der Waals surface area contributed by atoms with Crippen LogP contribution in [-0.4, -0.2) is 36.8 Å². The third kappa shape index (κ3) is 3.86. The average Bonchev–Trinajstić information content (AvgIpc) is 3.20. The number of nitrogens with zero attached hydrogens (tertiary/aromatic N) is 1. The Morgan fingerprint density at radius 2 is 1.87 bits per heavy atom. The highest BCUT2D eigenvalue weighted by Gasteiger charge is 2.37. The van der Waals surface area contributed by atoms with E-state index in [1.165, 1.54) is 0 Å². The molecule has 1 saturated heterocycles. The maximum atomic E-state index is 13.6. The number of hydrogen-bond acceptors (Lipinski definition) is 4. The number of halogens is 1. The standard InChI is InChI=1S/C23H24ClNO4S/c1-14-10-19-16(3)22(29-21(19)11-15(14)2)23(26)25(18-8-9-30(27,28)13-18)12-17-6-4-5-7-20(17)24/h4-7,10-11,18H,8-9,12-13H2,1-3H3/t18-/m0/s1. The summed E-state index contributed by atoms with van der Waals surface area (Å²) in [7, 11) is -3.16. The molecule has 30 heavy (non-hydrogen) atoms. The van der Waals surface area contributed by atoms with E-state index in [2.05, 4.69) is 0 Å². The zero-order valence-electron chi connectivity index (χ0n) is 17.2. The van der Waals surface area contributed by atoms with Crippen molar-refractivity contribution >= 4 is 38.3 Å². The lowest BCUT2D eigenvalue weighted by Gasteiger charge is -2.28. The molecule has 4 rings (SSSR count). The Hall–Kier alpha value is -2.31.